The number of likely N-dealkylation sites (tertiary alicyclic amines) is 1. The quantitative estimate of drug-likeness (QED) is 0.895. The highest BCUT2D eigenvalue weighted by Gasteiger charge is 2.24. The molecule has 1 aliphatic rings. The van der Waals surface area contributed by atoms with Gasteiger partial charge in [-0.1, -0.05) is 17.7 Å². The summed E-state index contributed by atoms with van der Waals surface area (Å²) in [5.41, 5.74) is 1.21. The van der Waals surface area contributed by atoms with Crippen LogP contribution >= 0.6 is 0 Å². The Bertz CT molecular complexity index is 557. The molecule has 2 rings (SSSR count). The number of urea groups is 1. The molecular weight excluding hydrogens is 306 g/mol. The molecule has 24 heavy (non-hydrogen) atoms. The molecule has 6 heteroatoms. The van der Waals surface area contributed by atoms with Crippen LogP contribution in [0.15, 0.2) is 24.3 Å². The van der Waals surface area contributed by atoms with E-state index in [1.807, 2.05) is 36.1 Å². The minimum Gasteiger partial charge on any atom is -0.493 e. The summed E-state index contributed by atoms with van der Waals surface area (Å²) in [5.74, 6) is 1.15. The first-order valence-corrected chi connectivity index (χ1v) is 8.38. The topological polar surface area (TPSA) is 61.9 Å². The van der Waals surface area contributed by atoms with Gasteiger partial charge in [0.25, 0.3) is 0 Å². The lowest BCUT2D eigenvalue weighted by molar-refractivity contribution is -0.132. The summed E-state index contributed by atoms with van der Waals surface area (Å²) >= 11 is 0. The second-order valence-corrected chi connectivity index (χ2v) is 6.53. The smallest absolute Gasteiger partial charge is 0.317 e. The van der Waals surface area contributed by atoms with Crippen molar-refractivity contribution in [3.63, 3.8) is 0 Å². The second-order valence-electron chi connectivity index (χ2n) is 6.53. The largest absolute Gasteiger partial charge is 0.493 e. The first kappa shape index (κ1) is 18.1. The van der Waals surface area contributed by atoms with E-state index in [9.17, 15) is 9.59 Å². The van der Waals surface area contributed by atoms with Gasteiger partial charge in [0, 0.05) is 33.1 Å². The molecule has 1 heterocycles. The molecule has 1 unspecified atom stereocenters. The van der Waals surface area contributed by atoms with E-state index >= 15 is 0 Å². The monoisotopic (exact) mass is 333 g/mol. The Morgan fingerprint density at radius 1 is 1.29 bits per heavy atom. The fourth-order valence-electron chi connectivity index (χ4n) is 2.70. The molecule has 3 amide bonds. The zero-order valence-corrected chi connectivity index (χ0v) is 14.7. The van der Waals surface area contributed by atoms with E-state index in [1.165, 1.54) is 10.5 Å². The van der Waals surface area contributed by atoms with Gasteiger partial charge in [0.05, 0.1) is 13.2 Å². The number of carbonyl (C=O) groups is 2. The number of hydrogen-bond acceptors (Lipinski definition) is 3. The van der Waals surface area contributed by atoms with Crippen molar-refractivity contribution in [1.82, 2.24) is 15.1 Å². The highest BCUT2D eigenvalue weighted by atomic mass is 16.5. The van der Waals surface area contributed by atoms with E-state index < -0.39 is 0 Å². The minimum atomic E-state index is -0.250. The van der Waals surface area contributed by atoms with Crippen LogP contribution in [0, 0.1) is 12.8 Å². The van der Waals surface area contributed by atoms with Gasteiger partial charge in [-0.15, -0.1) is 0 Å². The summed E-state index contributed by atoms with van der Waals surface area (Å²) in [6, 6.07) is 7.74. The van der Waals surface area contributed by atoms with Crippen LogP contribution in [0.25, 0.3) is 0 Å². The summed E-state index contributed by atoms with van der Waals surface area (Å²) in [6.45, 7) is 4.13. The lowest BCUT2D eigenvalue weighted by Gasteiger charge is -2.32. The molecule has 1 aliphatic heterocycles. The lowest BCUT2D eigenvalue weighted by atomic mass is 9.99. The predicted molar refractivity (Wildman–Crippen MR) is 93.1 cm³/mol. The average Bonchev–Trinajstić information content (AvgIpc) is 2.59. The van der Waals surface area contributed by atoms with Crippen LogP contribution in [-0.2, 0) is 4.79 Å². The van der Waals surface area contributed by atoms with Gasteiger partial charge in [-0.05, 0) is 31.9 Å². The fourth-order valence-corrected chi connectivity index (χ4v) is 2.70. The lowest BCUT2D eigenvalue weighted by Crippen LogP contribution is -2.47. The van der Waals surface area contributed by atoms with Crippen molar-refractivity contribution in [1.29, 1.82) is 0 Å². The third-order valence-electron chi connectivity index (χ3n) is 4.18. The molecule has 0 spiro atoms. The molecular formula is C18H27N3O3. The van der Waals surface area contributed by atoms with Crippen LogP contribution in [0.4, 0.5) is 4.79 Å². The molecule has 1 saturated heterocycles. The highest BCUT2D eigenvalue weighted by molar-refractivity contribution is 5.83. The van der Waals surface area contributed by atoms with Crippen LogP contribution in [-0.4, -0.2) is 62.1 Å². The number of aryl methyl sites for hydroxylation is 1. The van der Waals surface area contributed by atoms with Crippen molar-refractivity contribution in [2.24, 2.45) is 5.92 Å². The predicted octanol–water partition coefficient (Wildman–Crippen LogP) is 1.88. The van der Waals surface area contributed by atoms with Gasteiger partial charge in [0.15, 0.2) is 0 Å². The van der Waals surface area contributed by atoms with Crippen molar-refractivity contribution >= 4 is 11.9 Å². The van der Waals surface area contributed by atoms with Gasteiger partial charge < -0.3 is 19.9 Å². The Morgan fingerprint density at radius 2 is 2.00 bits per heavy atom. The van der Waals surface area contributed by atoms with Crippen LogP contribution < -0.4 is 10.1 Å². The first-order chi connectivity index (χ1) is 11.5. The van der Waals surface area contributed by atoms with E-state index in [2.05, 4.69) is 5.32 Å². The number of benzene rings is 1. The Labute approximate surface area is 143 Å². The third kappa shape index (κ3) is 5.44. The molecule has 1 aromatic rings. The van der Waals surface area contributed by atoms with Crippen molar-refractivity contribution in [3.8, 4) is 5.75 Å². The molecule has 0 aromatic heterocycles. The number of hydrogen-bond donors (Lipinski definition) is 1. The zero-order chi connectivity index (χ0) is 17.5. The molecule has 1 aromatic carbocycles. The first-order valence-electron chi connectivity index (χ1n) is 8.38. The van der Waals surface area contributed by atoms with Crippen molar-refractivity contribution in [2.45, 2.75) is 19.8 Å². The normalized spacial score (nSPS) is 17.3. The number of nitrogens with one attached hydrogen (secondary N) is 1. The second kappa shape index (κ2) is 8.57. The van der Waals surface area contributed by atoms with Gasteiger partial charge in [0.2, 0.25) is 5.91 Å². The SMILES string of the molecule is Cc1ccc(OCC2CCCN(C(=O)CNC(=O)N(C)C)C2)cc1. The van der Waals surface area contributed by atoms with Crippen LogP contribution in [0.3, 0.4) is 0 Å². The summed E-state index contributed by atoms with van der Waals surface area (Å²) in [4.78, 5) is 27.0. The number of piperidine rings is 1. The number of amides is 3. The minimum absolute atomic E-state index is 0.0368. The standard InChI is InChI=1S/C18H27N3O3/c1-14-6-8-16(9-7-14)24-13-15-5-4-10-21(12-15)17(22)11-19-18(23)20(2)3/h6-9,15H,4-5,10-13H2,1-3H3,(H,19,23). The molecule has 1 fully saturated rings. The Hall–Kier alpha value is -2.24. The third-order valence-corrected chi connectivity index (χ3v) is 4.18. The van der Waals surface area contributed by atoms with Gasteiger partial charge in [-0.2, -0.15) is 0 Å². The van der Waals surface area contributed by atoms with Gasteiger partial charge in [-0.25, -0.2) is 4.79 Å². The molecule has 0 radical (unpaired) electrons. The summed E-state index contributed by atoms with van der Waals surface area (Å²) in [6.07, 6.45) is 2.02. The number of ether oxygens (including phenoxy) is 1. The van der Waals surface area contributed by atoms with E-state index in [0.29, 0.717) is 19.1 Å². The molecule has 0 aliphatic carbocycles. The molecule has 1 N–H and O–H groups in total. The Kier molecular flexibility index (Phi) is 6.46. The van der Waals surface area contributed by atoms with Crippen molar-refractivity contribution in [3.05, 3.63) is 29.8 Å². The Morgan fingerprint density at radius 3 is 2.67 bits per heavy atom. The molecule has 0 saturated carbocycles. The Balaban J connectivity index is 1.77. The average molecular weight is 333 g/mol. The van der Waals surface area contributed by atoms with Crippen LogP contribution in [0.2, 0.25) is 0 Å². The van der Waals surface area contributed by atoms with Crippen molar-refractivity contribution < 1.29 is 14.3 Å². The maximum Gasteiger partial charge on any atom is 0.317 e. The van der Waals surface area contributed by atoms with E-state index in [0.717, 1.165) is 25.1 Å². The molecule has 132 valence electrons. The van der Waals surface area contributed by atoms with Gasteiger partial charge in [-0.3, -0.25) is 4.79 Å². The summed E-state index contributed by atoms with van der Waals surface area (Å²) in [7, 11) is 3.30. The number of nitrogens with zero attached hydrogens (tertiary/aromatic N) is 2. The van der Waals surface area contributed by atoms with E-state index in [4.69, 9.17) is 4.74 Å². The number of carbonyl (C=O) groups excluding carboxylic acids is 2. The van der Waals surface area contributed by atoms with E-state index in [-0.39, 0.29) is 18.5 Å². The maximum atomic E-state index is 12.2. The van der Waals surface area contributed by atoms with E-state index in [1.54, 1.807) is 14.1 Å². The highest BCUT2D eigenvalue weighted by Crippen LogP contribution is 2.19. The number of rotatable bonds is 5. The molecule has 1 atom stereocenters. The summed E-state index contributed by atoms with van der Waals surface area (Å²) < 4.78 is 5.84. The molecule has 6 nitrogen and oxygen atoms in total. The zero-order valence-electron chi connectivity index (χ0n) is 14.7. The van der Waals surface area contributed by atoms with Gasteiger partial charge in [0.1, 0.15) is 5.75 Å². The van der Waals surface area contributed by atoms with Gasteiger partial charge >= 0.3 is 6.03 Å². The molecule has 0 bridgehead atoms. The van der Waals surface area contributed by atoms with Crippen molar-refractivity contribution in [2.75, 3.05) is 40.3 Å². The maximum absolute atomic E-state index is 12.2. The summed E-state index contributed by atoms with van der Waals surface area (Å²) in [5, 5.41) is 2.62. The fraction of sp³-hybridized carbons (Fsp3) is 0.556. The van der Waals surface area contributed by atoms with Crippen LogP contribution in [0.5, 0.6) is 5.75 Å². The van der Waals surface area contributed by atoms with Crippen LogP contribution in [0.1, 0.15) is 18.4 Å².